The Morgan fingerprint density at radius 1 is 1.27 bits per heavy atom. The van der Waals surface area contributed by atoms with Gasteiger partial charge in [-0.3, -0.25) is 9.59 Å². The lowest BCUT2D eigenvalue weighted by Crippen LogP contribution is -2.31. The van der Waals surface area contributed by atoms with Crippen LogP contribution in [0.25, 0.3) is 0 Å². The predicted molar refractivity (Wildman–Crippen MR) is 97.0 cm³/mol. The molecule has 0 atom stereocenters. The monoisotopic (exact) mass is 356 g/mol. The molecular formula is C20H21FN2O3. The summed E-state index contributed by atoms with van der Waals surface area (Å²) >= 11 is 0. The van der Waals surface area contributed by atoms with Crippen LogP contribution < -0.4 is 10.1 Å². The molecule has 136 valence electrons. The number of halogens is 1. The first-order valence-electron chi connectivity index (χ1n) is 8.51. The van der Waals surface area contributed by atoms with Crippen LogP contribution in [0.2, 0.25) is 0 Å². The van der Waals surface area contributed by atoms with Crippen LogP contribution in [0, 0.1) is 12.7 Å². The van der Waals surface area contributed by atoms with Crippen molar-refractivity contribution < 1.29 is 18.7 Å². The second kappa shape index (κ2) is 7.56. The van der Waals surface area contributed by atoms with Crippen molar-refractivity contribution in [2.45, 2.75) is 19.8 Å². The van der Waals surface area contributed by atoms with Crippen LogP contribution in [0.1, 0.15) is 27.9 Å². The largest absolute Gasteiger partial charge is 0.492 e. The number of anilines is 1. The minimum atomic E-state index is -0.433. The SMILES string of the molecule is Cc1cc(OCCN(C)C(=O)c2cccc(F)c2)cc2c1NC(=O)CC2. The van der Waals surface area contributed by atoms with Crippen LogP contribution >= 0.6 is 0 Å². The molecule has 6 heteroatoms. The van der Waals surface area contributed by atoms with E-state index in [0.717, 1.165) is 16.8 Å². The van der Waals surface area contributed by atoms with Crippen LogP contribution in [0.5, 0.6) is 5.75 Å². The maximum Gasteiger partial charge on any atom is 0.253 e. The number of hydrogen-bond acceptors (Lipinski definition) is 3. The maximum atomic E-state index is 13.2. The summed E-state index contributed by atoms with van der Waals surface area (Å²) in [6.45, 7) is 2.63. The van der Waals surface area contributed by atoms with Gasteiger partial charge < -0.3 is 15.0 Å². The van der Waals surface area contributed by atoms with E-state index in [1.165, 1.54) is 23.1 Å². The van der Waals surface area contributed by atoms with Crippen LogP contribution in [-0.2, 0) is 11.2 Å². The number of hydrogen-bond donors (Lipinski definition) is 1. The minimum absolute atomic E-state index is 0.0340. The number of amides is 2. The number of likely N-dealkylation sites (N-methyl/N-ethyl adjacent to an activating group) is 1. The molecule has 0 saturated heterocycles. The summed E-state index contributed by atoms with van der Waals surface area (Å²) < 4.78 is 19.0. The molecule has 26 heavy (non-hydrogen) atoms. The van der Waals surface area contributed by atoms with Crippen molar-refractivity contribution in [3.63, 3.8) is 0 Å². The summed E-state index contributed by atoms with van der Waals surface area (Å²) in [7, 11) is 1.66. The van der Waals surface area contributed by atoms with Gasteiger partial charge in [0.25, 0.3) is 5.91 Å². The van der Waals surface area contributed by atoms with E-state index < -0.39 is 5.82 Å². The Hall–Kier alpha value is -2.89. The van der Waals surface area contributed by atoms with Gasteiger partial charge in [-0.2, -0.15) is 0 Å². The molecule has 0 unspecified atom stereocenters. The van der Waals surface area contributed by atoms with Crippen molar-refractivity contribution in [1.29, 1.82) is 0 Å². The second-order valence-corrected chi connectivity index (χ2v) is 6.41. The molecule has 2 aromatic carbocycles. The molecule has 1 aliphatic rings. The van der Waals surface area contributed by atoms with Gasteiger partial charge in [-0.1, -0.05) is 6.07 Å². The average Bonchev–Trinajstić information content (AvgIpc) is 2.61. The Morgan fingerprint density at radius 2 is 2.08 bits per heavy atom. The number of carbonyl (C=O) groups is 2. The number of nitrogens with one attached hydrogen (secondary N) is 1. The Labute approximate surface area is 151 Å². The Bertz CT molecular complexity index is 851. The lowest BCUT2D eigenvalue weighted by Gasteiger charge is -2.21. The lowest BCUT2D eigenvalue weighted by atomic mass is 9.99. The average molecular weight is 356 g/mol. The van der Waals surface area contributed by atoms with E-state index in [-0.39, 0.29) is 11.8 Å². The van der Waals surface area contributed by atoms with Gasteiger partial charge in [-0.05, 0) is 54.8 Å². The first kappa shape index (κ1) is 17.9. The summed E-state index contributed by atoms with van der Waals surface area (Å²) in [4.78, 5) is 25.3. The highest BCUT2D eigenvalue weighted by Crippen LogP contribution is 2.30. The zero-order valence-electron chi connectivity index (χ0n) is 14.8. The highest BCUT2D eigenvalue weighted by molar-refractivity contribution is 5.95. The fourth-order valence-corrected chi connectivity index (χ4v) is 2.98. The molecule has 2 amide bonds. The van der Waals surface area contributed by atoms with Crippen molar-refractivity contribution in [2.24, 2.45) is 0 Å². The number of carbonyl (C=O) groups excluding carboxylic acids is 2. The predicted octanol–water partition coefficient (Wildman–Crippen LogP) is 3.17. The van der Waals surface area contributed by atoms with Gasteiger partial charge in [0.1, 0.15) is 18.2 Å². The van der Waals surface area contributed by atoms with E-state index in [2.05, 4.69) is 5.32 Å². The Balaban J connectivity index is 1.59. The molecule has 5 nitrogen and oxygen atoms in total. The molecule has 0 aliphatic carbocycles. The molecule has 1 heterocycles. The molecule has 0 saturated carbocycles. The molecular weight excluding hydrogens is 335 g/mol. The number of benzene rings is 2. The third-order valence-electron chi connectivity index (χ3n) is 4.39. The topological polar surface area (TPSA) is 58.6 Å². The number of fused-ring (bicyclic) bond motifs is 1. The lowest BCUT2D eigenvalue weighted by molar-refractivity contribution is -0.116. The number of ether oxygens (including phenoxy) is 1. The van der Waals surface area contributed by atoms with Gasteiger partial charge in [-0.25, -0.2) is 4.39 Å². The zero-order chi connectivity index (χ0) is 18.7. The molecule has 0 radical (unpaired) electrons. The fourth-order valence-electron chi connectivity index (χ4n) is 2.98. The summed E-state index contributed by atoms with van der Waals surface area (Å²) in [5.41, 5.74) is 3.19. The molecule has 3 rings (SSSR count). The van der Waals surface area contributed by atoms with Crippen molar-refractivity contribution in [2.75, 3.05) is 25.5 Å². The third-order valence-corrected chi connectivity index (χ3v) is 4.39. The highest BCUT2D eigenvalue weighted by Gasteiger charge is 2.18. The van der Waals surface area contributed by atoms with Gasteiger partial charge in [0.15, 0.2) is 0 Å². The molecule has 0 bridgehead atoms. The first-order valence-corrected chi connectivity index (χ1v) is 8.51. The first-order chi connectivity index (χ1) is 12.4. The van der Waals surface area contributed by atoms with E-state index in [1.54, 1.807) is 13.1 Å². The Kier molecular flexibility index (Phi) is 5.21. The van der Waals surface area contributed by atoms with E-state index in [9.17, 15) is 14.0 Å². The second-order valence-electron chi connectivity index (χ2n) is 6.41. The quantitative estimate of drug-likeness (QED) is 0.895. The van der Waals surface area contributed by atoms with Crippen molar-refractivity contribution in [1.82, 2.24) is 4.90 Å². The van der Waals surface area contributed by atoms with Gasteiger partial charge >= 0.3 is 0 Å². The normalized spacial score (nSPS) is 13.0. The van der Waals surface area contributed by atoms with E-state index in [1.807, 2.05) is 19.1 Å². The molecule has 1 N–H and O–H groups in total. The Morgan fingerprint density at radius 3 is 2.85 bits per heavy atom. The van der Waals surface area contributed by atoms with E-state index in [4.69, 9.17) is 4.74 Å². The summed E-state index contributed by atoms with van der Waals surface area (Å²) in [6, 6.07) is 9.43. The van der Waals surface area contributed by atoms with E-state index in [0.29, 0.717) is 37.3 Å². The van der Waals surface area contributed by atoms with Gasteiger partial charge in [0, 0.05) is 24.7 Å². The van der Waals surface area contributed by atoms with Gasteiger partial charge in [-0.15, -0.1) is 0 Å². The molecule has 0 aromatic heterocycles. The summed E-state index contributed by atoms with van der Waals surface area (Å²) in [5, 5.41) is 2.89. The fraction of sp³-hybridized carbons (Fsp3) is 0.300. The number of nitrogens with zero attached hydrogens (tertiary/aromatic N) is 1. The van der Waals surface area contributed by atoms with Gasteiger partial charge in [0.05, 0.1) is 6.54 Å². The molecule has 2 aromatic rings. The molecule has 0 spiro atoms. The number of rotatable bonds is 5. The van der Waals surface area contributed by atoms with Crippen LogP contribution in [0.15, 0.2) is 36.4 Å². The van der Waals surface area contributed by atoms with Gasteiger partial charge in [0.2, 0.25) is 5.91 Å². The maximum absolute atomic E-state index is 13.2. The standard InChI is InChI=1S/C20H21FN2O3/c1-13-10-17(12-14-6-7-18(24)22-19(13)14)26-9-8-23(2)20(25)15-4-3-5-16(21)11-15/h3-5,10-12H,6-9H2,1-2H3,(H,22,24). The molecule has 0 fully saturated rings. The van der Waals surface area contributed by atoms with Crippen LogP contribution in [-0.4, -0.2) is 36.9 Å². The summed E-state index contributed by atoms with van der Waals surface area (Å²) in [6.07, 6.45) is 1.16. The number of aryl methyl sites for hydroxylation is 2. The van der Waals surface area contributed by atoms with Crippen molar-refractivity contribution in [3.05, 3.63) is 58.9 Å². The van der Waals surface area contributed by atoms with Crippen molar-refractivity contribution in [3.8, 4) is 5.75 Å². The minimum Gasteiger partial charge on any atom is -0.492 e. The highest BCUT2D eigenvalue weighted by atomic mass is 19.1. The third kappa shape index (κ3) is 4.02. The smallest absolute Gasteiger partial charge is 0.253 e. The zero-order valence-corrected chi connectivity index (χ0v) is 14.8. The summed E-state index contributed by atoms with van der Waals surface area (Å²) in [5.74, 6) is 0.0605. The van der Waals surface area contributed by atoms with Crippen molar-refractivity contribution >= 4 is 17.5 Å². The molecule has 1 aliphatic heterocycles. The van der Waals surface area contributed by atoms with E-state index >= 15 is 0 Å². The van der Waals surface area contributed by atoms with Crippen LogP contribution in [0.3, 0.4) is 0 Å². The van der Waals surface area contributed by atoms with Crippen LogP contribution in [0.4, 0.5) is 10.1 Å².